The quantitative estimate of drug-likeness (QED) is 0.753. The number of benzene rings is 1. The molecule has 14 heavy (non-hydrogen) atoms. The van der Waals surface area contributed by atoms with Crippen molar-refractivity contribution in [2.24, 2.45) is 11.7 Å². The van der Waals surface area contributed by atoms with E-state index in [0.29, 0.717) is 11.8 Å². The van der Waals surface area contributed by atoms with Gasteiger partial charge in [0.1, 0.15) is 0 Å². The first-order chi connectivity index (χ1) is 6.59. The summed E-state index contributed by atoms with van der Waals surface area (Å²) < 4.78 is 0. The third-order valence-electron chi connectivity index (χ3n) is 3.16. The highest BCUT2D eigenvalue weighted by atomic mass is 35.5. The van der Waals surface area contributed by atoms with Crippen molar-refractivity contribution in [2.45, 2.75) is 32.2 Å². The van der Waals surface area contributed by atoms with Gasteiger partial charge in [-0.2, -0.15) is 0 Å². The van der Waals surface area contributed by atoms with Crippen molar-refractivity contribution in [2.75, 3.05) is 0 Å². The molecule has 0 spiro atoms. The number of halogens is 1. The van der Waals surface area contributed by atoms with Crippen molar-refractivity contribution in [3.8, 4) is 0 Å². The molecular formula is C12H16ClN. The molecule has 1 aromatic rings. The first kappa shape index (κ1) is 10.0. The first-order valence-corrected chi connectivity index (χ1v) is 5.52. The van der Waals surface area contributed by atoms with Gasteiger partial charge in [-0.05, 0) is 41.5 Å². The molecule has 2 N–H and O–H groups in total. The standard InChI is InChI=1S/C12H16ClN/c1-7(2)10-6-12(14)11-5-8(13)3-4-9(10)11/h3-5,7,10,12H,6,14H2,1-2H3. The second-order valence-corrected chi connectivity index (χ2v) is 4.90. The Hall–Kier alpha value is -0.530. The van der Waals surface area contributed by atoms with Crippen LogP contribution in [0.5, 0.6) is 0 Å². The number of fused-ring (bicyclic) bond motifs is 1. The predicted octanol–water partition coefficient (Wildman–Crippen LogP) is 3.48. The van der Waals surface area contributed by atoms with Crippen molar-refractivity contribution in [3.63, 3.8) is 0 Å². The van der Waals surface area contributed by atoms with Crippen LogP contribution in [-0.4, -0.2) is 0 Å². The molecule has 76 valence electrons. The van der Waals surface area contributed by atoms with E-state index in [-0.39, 0.29) is 6.04 Å². The minimum absolute atomic E-state index is 0.177. The van der Waals surface area contributed by atoms with Crippen LogP contribution in [0.1, 0.15) is 43.4 Å². The molecule has 1 aromatic carbocycles. The highest BCUT2D eigenvalue weighted by Crippen LogP contribution is 2.43. The van der Waals surface area contributed by atoms with E-state index >= 15 is 0 Å². The van der Waals surface area contributed by atoms with E-state index < -0.39 is 0 Å². The van der Waals surface area contributed by atoms with E-state index in [1.807, 2.05) is 12.1 Å². The van der Waals surface area contributed by atoms with Gasteiger partial charge in [-0.25, -0.2) is 0 Å². The fourth-order valence-electron chi connectivity index (χ4n) is 2.36. The van der Waals surface area contributed by atoms with Gasteiger partial charge in [-0.15, -0.1) is 0 Å². The number of nitrogens with two attached hydrogens (primary N) is 1. The number of hydrogen-bond donors (Lipinski definition) is 1. The van der Waals surface area contributed by atoms with E-state index in [1.165, 1.54) is 11.1 Å². The predicted molar refractivity (Wildman–Crippen MR) is 60.6 cm³/mol. The summed E-state index contributed by atoms with van der Waals surface area (Å²) in [5.74, 6) is 1.26. The third kappa shape index (κ3) is 1.55. The minimum atomic E-state index is 0.177. The highest BCUT2D eigenvalue weighted by Gasteiger charge is 2.30. The molecule has 0 fully saturated rings. The maximum absolute atomic E-state index is 6.08. The average Bonchev–Trinajstić information content (AvgIpc) is 2.44. The molecule has 2 atom stereocenters. The van der Waals surface area contributed by atoms with Crippen LogP contribution in [0.2, 0.25) is 5.02 Å². The lowest BCUT2D eigenvalue weighted by Crippen LogP contribution is -2.07. The van der Waals surface area contributed by atoms with Crippen LogP contribution in [0, 0.1) is 5.92 Å². The summed E-state index contributed by atoms with van der Waals surface area (Å²) in [4.78, 5) is 0. The van der Waals surface area contributed by atoms with Crippen LogP contribution in [0.3, 0.4) is 0 Å². The van der Waals surface area contributed by atoms with Gasteiger partial charge in [0.05, 0.1) is 0 Å². The van der Waals surface area contributed by atoms with Crippen LogP contribution in [0.15, 0.2) is 18.2 Å². The first-order valence-electron chi connectivity index (χ1n) is 5.14. The van der Waals surface area contributed by atoms with E-state index in [0.717, 1.165) is 11.4 Å². The molecule has 1 aliphatic rings. The second kappa shape index (κ2) is 3.56. The molecule has 1 aliphatic carbocycles. The minimum Gasteiger partial charge on any atom is -0.324 e. The smallest absolute Gasteiger partial charge is 0.0409 e. The second-order valence-electron chi connectivity index (χ2n) is 4.47. The lowest BCUT2D eigenvalue weighted by Gasteiger charge is -2.15. The molecule has 0 saturated carbocycles. The molecule has 0 aromatic heterocycles. The summed E-state index contributed by atoms with van der Waals surface area (Å²) in [6, 6.07) is 6.29. The Labute approximate surface area is 90.3 Å². The van der Waals surface area contributed by atoms with Crippen molar-refractivity contribution in [3.05, 3.63) is 34.3 Å². The average molecular weight is 210 g/mol. The SMILES string of the molecule is CC(C)C1CC(N)c2cc(Cl)ccc21. The fourth-order valence-corrected chi connectivity index (χ4v) is 2.54. The van der Waals surface area contributed by atoms with Gasteiger partial charge in [0.15, 0.2) is 0 Å². The fraction of sp³-hybridized carbons (Fsp3) is 0.500. The molecule has 0 radical (unpaired) electrons. The van der Waals surface area contributed by atoms with Crippen LogP contribution >= 0.6 is 11.6 Å². The molecule has 0 amide bonds. The van der Waals surface area contributed by atoms with Gasteiger partial charge in [-0.1, -0.05) is 31.5 Å². The highest BCUT2D eigenvalue weighted by molar-refractivity contribution is 6.30. The summed E-state index contributed by atoms with van der Waals surface area (Å²) in [7, 11) is 0. The molecule has 0 saturated heterocycles. The van der Waals surface area contributed by atoms with Gasteiger partial charge in [0.2, 0.25) is 0 Å². The van der Waals surface area contributed by atoms with E-state index in [4.69, 9.17) is 17.3 Å². The summed E-state index contributed by atoms with van der Waals surface area (Å²) in [5.41, 5.74) is 8.73. The molecule has 1 nitrogen and oxygen atoms in total. The molecule has 2 unspecified atom stereocenters. The van der Waals surface area contributed by atoms with Crippen molar-refractivity contribution >= 4 is 11.6 Å². The Balaban J connectivity index is 2.44. The van der Waals surface area contributed by atoms with E-state index in [9.17, 15) is 0 Å². The number of hydrogen-bond acceptors (Lipinski definition) is 1. The summed E-state index contributed by atoms with van der Waals surface area (Å²) >= 11 is 5.96. The molecular weight excluding hydrogens is 194 g/mol. The van der Waals surface area contributed by atoms with E-state index in [1.54, 1.807) is 0 Å². The zero-order valence-corrected chi connectivity index (χ0v) is 9.38. The van der Waals surface area contributed by atoms with Gasteiger partial charge in [-0.3, -0.25) is 0 Å². The maximum Gasteiger partial charge on any atom is 0.0409 e. The van der Waals surface area contributed by atoms with Crippen LogP contribution in [0.4, 0.5) is 0 Å². The normalized spacial score (nSPS) is 25.5. The molecule has 2 heteroatoms. The molecule has 0 bridgehead atoms. The van der Waals surface area contributed by atoms with Crippen molar-refractivity contribution in [1.82, 2.24) is 0 Å². The third-order valence-corrected chi connectivity index (χ3v) is 3.40. The molecule has 2 rings (SSSR count). The van der Waals surface area contributed by atoms with Gasteiger partial charge in [0, 0.05) is 11.1 Å². The number of rotatable bonds is 1. The Morgan fingerprint density at radius 3 is 2.71 bits per heavy atom. The molecule has 0 heterocycles. The Morgan fingerprint density at radius 2 is 2.07 bits per heavy atom. The lowest BCUT2D eigenvalue weighted by atomic mass is 9.90. The van der Waals surface area contributed by atoms with Gasteiger partial charge in [0.25, 0.3) is 0 Å². The Bertz CT molecular complexity index is 346. The lowest BCUT2D eigenvalue weighted by molar-refractivity contribution is 0.470. The maximum atomic E-state index is 6.08. The largest absolute Gasteiger partial charge is 0.324 e. The Morgan fingerprint density at radius 1 is 1.36 bits per heavy atom. The van der Waals surface area contributed by atoms with Gasteiger partial charge >= 0.3 is 0 Å². The Kier molecular flexibility index (Phi) is 2.54. The summed E-state index contributed by atoms with van der Waals surface area (Å²) in [6.07, 6.45) is 1.06. The van der Waals surface area contributed by atoms with E-state index in [2.05, 4.69) is 19.9 Å². The molecule has 0 aliphatic heterocycles. The van der Waals surface area contributed by atoms with Crippen molar-refractivity contribution in [1.29, 1.82) is 0 Å². The summed E-state index contributed by atoms with van der Waals surface area (Å²) in [5, 5.41) is 0.795. The van der Waals surface area contributed by atoms with Crippen LogP contribution in [0.25, 0.3) is 0 Å². The zero-order valence-electron chi connectivity index (χ0n) is 8.63. The van der Waals surface area contributed by atoms with Crippen molar-refractivity contribution < 1.29 is 0 Å². The topological polar surface area (TPSA) is 26.0 Å². The van der Waals surface area contributed by atoms with Crippen LogP contribution < -0.4 is 5.73 Å². The summed E-state index contributed by atoms with van der Waals surface area (Å²) in [6.45, 7) is 4.50. The van der Waals surface area contributed by atoms with Gasteiger partial charge < -0.3 is 5.73 Å². The van der Waals surface area contributed by atoms with Crippen LogP contribution in [-0.2, 0) is 0 Å². The zero-order chi connectivity index (χ0) is 10.3. The monoisotopic (exact) mass is 209 g/mol.